The number of rotatable bonds is 3. The number of hydrogen-bond acceptors (Lipinski definition) is 2. The molecule has 1 saturated carbocycles. The van der Waals surface area contributed by atoms with Crippen LogP contribution in [0.5, 0.6) is 0 Å². The number of nitrogens with zero attached hydrogens (tertiary/aromatic N) is 2. The first-order valence-electron chi connectivity index (χ1n) is 7.53. The predicted molar refractivity (Wildman–Crippen MR) is 78.8 cm³/mol. The molecule has 4 heteroatoms. The zero-order valence-corrected chi connectivity index (χ0v) is 12.0. The zero-order valence-electron chi connectivity index (χ0n) is 12.0. The SMILES string of the molecule is Cc1ccc(Cn2nc3c(c2C(=O)O)C2CCC3C2)cc1. The van der Waals surface area contributed by atoms with Crippen LogP contribution in [0.2, 0.25) is 0 Å². The molecule has 1 aromatic carbocycles. The molecule has 1 N–H and O–H groups in total. The van der Waals surface area contributed by atoms with Gasteiger partial charge in [-0.1, -0.05) is 29.8 Å². The molecule has 21 heavy (non-hydrogen) atoms. The van der Waals surface area contributed by atoms with E-state index in [1.807, 2.05) is 19.1 Å². The largest absolute Gasteiger partial charge is 0.477 e. The Labute approximate surface area is 123 Å². The molecular weight excluding hydrogens is 264 g/mol. The van der Waals surface area contributed by atoms with Gasteiger partial charge in [0.1, 0.15) is 5.69 Å². The fraction of sp³-hybridized carbons (Fsp3) is 0.412. The number of fused-ring (bicyclic) bond motifs is 5. The van der Waals surface area contributed by atoms with E-state index in [1.54, 1.807) is 4.68 Å². The Balaban J connectivity index is 1.76. The van der Waals surface area contributed by atoms with Gasteiger partial charge in [0, 0.05) is 11.5 Å². The van der Waals surface area contributed by atoms with Crippen molar-refractivity contribution in [3.63, 3.8) is 0 Å². The van der Waals surface area contributed by atoms with Gasteiger partial charge in [0.25, 0.3) is 0 Å². The van der Waals surface area contributed by atoms with Gasteiger partial charge in [-0.25, -0.2) is 4.79 Å². The minimum atomic E-state index is -0.844. The maximum atomic E-state index is 11.7. The number of aromatic carboxylic acids is 1. The summed E-state index contributed by atoms with van der Waals surface area (Å²) in [6, 6.07) is 8.19. The molecule has 4 rings (SSSR count). The van der Waals surface area contributed by atoms with Crippen LogP contribution >= 0.6 is 0 Å². The summed E-state index contributed by atoms with van der Waals surface area (Å²) in [5.41, 5.74) is 4.79. The van der Waals surface area contributed by atoms with Crippen molar-refractivity contribution in [1.29, 1.82) is 0 Å². The Morgan fingerprint density at radius 2 is 2.00 bits per heavy atom. The summed E-state index contributed by atoms with van der Waals surface area (Å²) in [6.07, 6.45) is 3.38. The highest BCUT2D eigenvalue weighted by Crippen LogP contribution is 2.53. The van der Waals surface area contributed by atoms with Gasteiger partial charge < -0.3 is 5.11 Å². The Kier molecular flexibility index (Phi) is 2.67. The third-order valence-electron chi connectivity index (χ3n) is 4.90. The van der Waals surface area contributed by atoms with Crippen molar-refractivity contribution in [2.75, 3.05) is 0 Å². The molecular formula is C17H18N2O2. The average Bonchev–Trinajstić information content (AvgIpc) is 3.11. The van der Waals surface area contributed by atoms with Crippen LogP contribution in [-0.4, -0.2) is 20.9 Å². The van der Waals surface area contributed by atoms with E-state index < -0.39 is 5.97 Å². The number of carbonyl (C=O) groups is 1. The van der Waals surface area contributed by atoms with E-state index in [0.717, 1.165) is 36.1 Å². The van der Waals surface area contributed by atoms with E-state index in [2.05, 4.69) is 17.2 Å². The van der Waals surface area contributed by atoms with Gasteiger partial charge in [-0.05, 0) is 37.7 Å². The fourth-order valence-corrected chi connectivity index (χ4v) is 3.90. The van der Waals surface area contributed by atoms with Gasteiger partial charge in [-0.2, -0.15) is 5.10 Å². The molecule has 2 aliphatic carbocycles. The molecule has 2 atom stereocenters. The Morgan fingerprint density at radius 3 is 2.71 bits per heavy atom. The first-order chi connectivity index (χ1) is 10.1. The second-order valence-electron chi connectivity index (χ2n) is 6.30. The molecule has 108 valence electrons. The molecule has 0 spiro atoms. The Hall–Kier alpha value is -2.10. The topological polar surface area (TPSA) is 55.1 Å². The lowest BCUT2D eigenvalue weighted by Crippen LogP contribution is -2.13. The molecule has 0 radical (unpaired) electrons. The molecule has 2 unspecified atom stereocenters. The first kappa shape index (κ1) is 12.6. The van der Waals surface area contributed by atoms with Crippen LogP contribution in [0.4, 0.5) is 0 Å². The fourth-order valence-electron chi connectivity index (χ4n) is 3.90. The van der Waals surface area contributed by atoms with Crippen molar-refractivity contribution >= 4 is 5.97 Å². The summed E-state index contributed by atoms with van der Waals surface area (Å²) in [4.78, 5) is 11.7. The maximum absolute atomic E-state index is 11.7. The van der Waals surface area contributed by atoms with Crippen LogP contribution in [0.1, 0.15) is 64.0 Å². The number of benzene rings is 1. The van der Waals surface area contributed by atoms with Crippen molar-refractivity contribution in [3.05, 3.63) is 52.3 Å². The highest BCUT2D eigenvalue weighted by Gasteiger charge is 2.43. The van der Waals surface area contributed by atoms with E-state index in [0.29, 0.717) is 24.1 Å². The van der Waals surface area contributed by atoms with E-state index in [4.69, 9.17) is 0 Å². The smallest absolute Gasteiger partial charge is 0.354 e. The number of carboxylic acids is 1. The Bertz CT molecular complexity index is 715. The lowest BCUT2D eigenvalue weighted by Gasteiger charge is -2.10. The molecule has 1 aromatic heterocycles. The summed E-state index contributed by atoms with van der Waals surface area (Å²) in [5.74, 6) is 0.0636. The molecule has 2 bridgehead atoms. The van der Waals surface area contributed by atoms with Crippen LogP contribution in [0.3, 0.4) is 0 Å². The molecule has 2 aromatic rings. The second-order valence-corrected chi connectivity index (χ2v) is 6.30. The maximum Gasteiger partial charge on any atom is 0.354 e. The molecule has 4 nitrogen and oxygen atoms in total. The van der Waals surface area contributed by atoms with E-state index in [-0.39, 0.29) is 0 Å². The van der Waals surface area contributed by atoms with Gasteiger partial charge in [0.2, 0.25) is 0 Å². The minimum Gasteiger partial charge on any atom is -0.477 e. The number of hydrogen-bond donors (Lipinski definition) is 1. The van der Waals surface area contributed by atoms with Crippen molar-refractivity contribution in [3.8, 4) is 0 Å². The van der Waals surface area contributed by atoms with Crippen molar-refractivity contribution in [2.24, 2.45) is 0 Å². The van der Waals surface area contributed by atoms with Crippen LogP contribution in [0, 0.1) is 6.92 Å². The van der Waals surface area contributed by atoms with Gasteiger partial charge in [0.05, 0.1) is 12.2 Å². The summed E-state index contributed by atoms with van der Waals surface area (Å²) >= 11 is 0. The predicted octanol–water partition coefficient (Wildman–Crippen LogP) is 3.30. The summed E-state index contributed by atoms with van der Waals surface area (Å²) < 4.78 is 1.70. The van der Waals surface area contributed by atoms with E-state index >= 15 is 0 Å². The van der Waals surface area contributed by atoms with Crippen molar-refractivity contribution in [2.45, 2.75) is 44.6 Å². The van der Waals surface area contributed by atoms with E-state index in [1.165, 1.54) is 5.56 Å². The first-order valence-corrected chi connectivity index (χ1v) is 7.53. The van der Waals surface area contributed by atoms with Gasteiger partial charge in [-0.3, -0.25) is 4.68 Å². The van der Waals surface area contributed by atoms with E-state index in [9.17, 15) is 9.90 Å². The molecule has 0 aliphatic heterocycles. The standard InChI is InChI=1S/C17H18N2O2/c1-10-2-4-11(5-3-10)9-19-16(17(20)21)14-12-6-7-13(8-12)15(14)18-19/h2-5,12-13H,6-9H2,1H3,(H,20,21). The van der Waals surface area contributed by atoms with Crippen molar-refractivity contribution < 1.29 is 9.90 Å². The molecule has 0 amide bonds. The average molecular weight is 282 g/mol. The van der Waals surface area contributed by atoms with Crippen LogP contribution < -0.4 is 0 Å². The molecule has 1 heterocycles. The summed E-state index contributed by atoms with van der Waals surface area (Å²) in [5, 5.41) is 14.3. The monoisotopic (exact) mass is 282 g/mol. The third-order valence-corrected chi connectivity index (χ3v) is 4.90. The summed E-state index contributed by atoms with van der Waals surface area (Å²) in [7, 11) is 0. The number of aromatic nitrogens is 2. The third kappa shape index (κ3) is 1.89. The van der Waals surface area contributed by atoms with Crippen LogP contribution in [0.15, 0.2) is 24.3 Å². The molecule has 0 saturated heterocycles. The number of aryl methyl sites for hydroxylation is 1. The van der Waals surface area contributed by atoms with Crippen LogP contribution in [0.25, 0.3) is 0 Å². The quantitative estimate of drug-likeness (QED) is 0.939. The highest BCUT2D eigenvalue weighted by atomic mass is 16.4. The lowest BCUT2D eigenvalue weighted by molar-refractivity contribution is 0.0682. The second kappa shape index (κ2) is 4.45. The minimum absolute atomic E-state index is 0.415. The van der Waals surface area contributed by atoms with Gasteiger partial charge >= 0.3 is 5.97 Å². The van der Waals surface area contributed by atoms with Gasteiger partial charge in [0.15, 0.2) is 0 Å². The van der Waals surface area contributed by atoms with Gasteiger partial charge in [-0.15, -0.1) is 0 Å². The van der Waals surface area contributed by atoms with Crippen molar-refractivity contribution in [1.82, 2.24) is 9.78 Å². The lowest BCUT2D eigenvalue weighted by atomic mass is 9.95. The zero-order chi connectivity index (χ0) is 14.6. The van der Waals surface area contributed by atoms with Crippen LogP contribution in [-0.2, 0) is 6.54 Å². The Morgan fingerprint density at radius 1 is 1.29 bits per heavy atom. The number of carboxylic acid groups (broad SMARTS) is 1. The highest BCUT2D eigenvalue weighted by molar-refractivity contribution is 5.88. The molecule has 2 aliphatic rings. The normalized spacial score (nSPS) is 22.5. The summed E-state index contributed by atoms with van der Waals surface area (Å²) in [6.45, 7) is 2.58. The molecule has 1 fully saturated rings.